The second kappa shape index (κ2) is 15.5. The molecule has 3 fully saturated rings. The topological polar surface area (TPSA) is 163 Å². The fourth-order valence-electron chi connectivity index (χ4n) is 8.20. The SMILES string of the molecule is CC[C@H]1OC(=O)C(C)C(O[C@H]2C[C@@](C)(OC)[C@@H](O)[C@H](C)O2)[C@H](C)[C@@H](O[C@@H]2O[C@H](C)C[C@H](N(C)C)[C@H]2O)[C@](C)(O)C[C@@H](C)C2=C(C)C(=O)C1O2. The Morgan fingerprint density at radius 2 is 1.63 bits per heavy atom. The number of carbonyl (C=O) groups is 2. The van der Waals surface area contributed by atoms with Crippen molar-refractivity contribution in [2.45, 2.75) is 167 Å². The molecule has 4 heterocycles. The van der Waals surface area contributed by atoms with Crippen molar-refractivity contribution in [1.82, 2.24) is 4.90 Å². The van der Waals surface area contributed by atoms with Crippen LogP contribution in [0.4, 0.5) is 0 Å². The zero-order chi connectivity index (χ0) is 36.7. The Hall–Kier alpha value is -1.68. The van der Waals surface area contributed by atoms with E-state index in [0.717, 1.165) is 0 Å². The Bertz CT molecular complexity index is 1210. The molecule has 13 nitrogen and oxygen atoms in total. The second-order valence-corrected chi connectivity index (χ2v) is 15.6. The van der Waals surface area contributed by atoms with E-state index in [1.807, 2.05) is 46.7 Å². The van der Waals surface area contributed by atoms with Crippen LogP contribution in [-0.4, -0.2) is 132 Å². The number of fused-ring (bicyclic) bond motifs is 2. The van der Waals surface area contributed by atoms with Gasteiger partial charge in [-0.25, -0.2) is 0 Å². The van der Waals surface area contributed by atoms with Crippen LogP contribution in [0.1, 0.15) is 88.0 Å². The first-order valence-electron chi connectivity index (χ1n) is 17.8. The lowest BCUT2D eigenvalue weighted by molar-refractivity contribution is -0.317. The normalized spacial score (nSPS) is 47.3. The van der Waals surface area contributed by atoms with E-state index in [1.54, 1.807) is 34.6 Å². The Balaban J connectivity index is 1.80. The molecule has 2 bridgehead atoms. The minimum atomic E-state index is -1.62. The third kappa shape index (κ3) is 8.20. The summed E-state index contributed by atoms with van der Waals surface area (Å²) < 4.78 is 43.6. The second-order valence-electron chi connectivity index (χ2n) is 15.6. The summed E-state index contributed by atoms with van der Waals surface area (Å²) in [5.41, 5.74) is -2.18. The van der Waals surface area contributed by atoms with Crippen LogP contribution in [0.5, 0.6) is 0 Å². The van der Waals surface area contributed by atoms with Gasteiger partial charge < -0.3 is 53.4 Å². The van der Waals surface area contributed by atoms with Gasteiger partial charge in [0.15, 0.2) is 18.7 Å². The van der Waals surface area contributed by atoms with Gasteiger partial charge in [0.1, 0.15) is 24.1 Å². The monoisotopic (exact) mass is 699 g/mol. The van der Waals surface area contributed by atoms with Crippen molar-refractivity contribution in [2.24, 2.45) is 17.8 Å². The molecular formula is C36H61NO12. The van der Waals surface area contributed by atoms with E-state index in [1.165, 1.54) is 7.11 Å². The fourth-order valence-corrected chi connectivity index (χ4v) is 8.20. The van der Waals surface area contributed by atoms with Gasteiger partial charge >= 0.3 is 5.97 Å². The van der Waals surface area contributed by atoms with Gasteiger partial charge in [0.05, 0.1) is 41.5 Å². The zero-order valence-electron chi connectivity index (χ0n) is 31.4. The van der Waals surface area contributed by atoms with Crippen LogP contribution in [0.25, 0.3) is 0 Å². The van der Waals surface area contributed by atoms with Crippen molar-refractivity contribution in [3.8, 4) is 0 Å². The number of ether oxygens (including phenoxy) is 7. The predicted octanol–water partition coefficient (Wildman–Crippen LogP) is 2.71. The Labute approximate surface area is 291 Å². The highest BCUT2D eigenvalue weighted by atomic mass is 16.7. The fraction of sp³-hybridized carbons (Fsp3) is 0.889. The lowest BCUT2D eigenvalue weighted by atomic mass is 9.77. The highest BCUT2D eigenvalue weighted by Crippen LogP contribution is 2.42. The smallest absolute Gasteiger partial charge is 0.311 e. The van der Waals surface area contributed by atoms with Crippen LogP contribution in [0.15, 0.2) is 11.3 Å². The molecule has 0 amide bonds. The van der Waals surface area contributed by atoms with E-state index < -0.39 is 90.2 Å². The van der Waals surface area contributed by atoms with Crippen molar-refractivity contribution in [2.75, 3.05) is 21.2 Å². The number of ketones is 1. The van der Waals surface area contributed by atoms with Gasteiger partial charge in [0.25, 0.3) is 0 Å². The number of methoxy groups -OCH3 is 1. The van der Waals surface area contributed by atoms with E-state index in [2.05, 4.69) is 0 Å². The number of esters is 1. The number of hydrogen-bond acceptors (Lipinski definition) is 13. The summed E-state index contributed by atoms with van der Waals surface area (Å²) in [6.07, 6.45) is -7.60. The lowest BCUT2D eigenvalue weighted by Crippen LogP contribution is -2.60. The molecule has 4 rings (SSSR count). The van der Waals surface area contributed by atoms with Gasteiger partial charge in [-0.1, -0.05) is 20.8 Å². The van der Waals surface area contributed by atoms with E-state index >= 15 is 0 Å². The predicted molar refractivity (Wildman–Crippen MR) is 178 cm³/mol. The molecule has 0 aromatic rings. The first-order valence-corrected chi connectivity index (χ1v) is 17.8. The molecule has 4 aliphatic heterocycles. The summed E-state index contributed by atoms with van der Waals surface area (Å²) in [4.78, 5) is 29.4. The third-order valence-corrected chi connectivity index (χ3v) is 11.2. The average molecular weight is 700 g/mol. The molecule has 49 heavy (non-hydrogen) atoms. The third-order valence-electron chi connectivity index (χ3n) is 11.2. The van der Waals surface area contributed by atoms with E-state index in [-0.39, 0.29) is 30.8 Å². The van der Waals surface area contributed by atoms with Crippen molar-refractivity contribution in [3.63, 3.8) is 0 Å². The van der Waals surface area contributed by atoms with Crippen molar-refractivity contribution in [1.29, 1.82) is 0 Å². The molecule has 3 N–H and O–H groups in total. The van der Waals surface area contributed by atoms with Gasteiger partial charge in [0, 0.05) is 37.0 Å². The summed E-state index contributed by atoms with van der Waals surface area (Å²) >= 11 is 0. The van der Waals surface area contributed by atoms with Crippen LogP contribution in [0.3, 0.4) is 0 Å². The number of aliphatic hydroxyl groups excluding tert-OH is 2. The molecule has 0 spiro atoms. The summed E-state index contributed by atoms with van der Waals surface area (Å²) in [6, 6.07) is -0.271. The molecule has 0 aliphatic carbocycles. The highest BCUT2D eigenvalue weighted by molar-refractivity contribution is 6.01. The number of nitrogens with zero attached hydrogens (tertiary/aromatic N) is 1. The Morgan fingerprint density at radius 1 is 0.980 bits per heavy atom. The number of rotatable bonds is 7. The van der Waals surface area contributed by atoms with Crippen LogP contribution in [-0.2, 0) is 42.7 Å². The number of likely N-dealkylation sites (N-methyl/N-ethyl adjacent to an activating group) is 1. The summed E-state index contributed by atoms with van der Waals surface area (Å²) in [5, 5.41) is 34.8. The van der Waals surface area contributed by atoms with Gasteiger partial charge in [-0.05, 0) is 74.9 Å². The van der Waals surface area contributed by atoms with Crippen molar-refractivity contribution < 1.29 is 58.1 Å². The molecule has 16 atom stereocenters. The summed E-state index contributed by atoms with van der Waals surface area (Å²) in [7, 11) is 5.27. The molecule has 3 saturated heterocycles. The number of cyclic esters (lactones) is 1. The molecule has 282 valence electrons. The summed E-state index contributed by atoms with van der Waals surface area (Å²) in [5.74, 6) is -2.53. The van der Waals surface area contributed by atoms with Crippen LogP contribution in [0, 0.1) is 17.8 Å². The Morgan fingerprint density at radius 3 is 2.22 bits per heavy atom. The number of carbonyl (C=O) groups excluding carboxylic acids is 2. The van der Waals surface area contributed by atoms with Gasteiger partial charge in [0.2, 0.25) is 5.78 Å². The van der Waals surface area contributed by atoms with Crippen LogP contribution < -0.4 is 0 Å². The molecule has 0 radical (unpaired) electrons. The van der Waals surface area contributed by atoms with E-state index in [4.69, 9.17) is 33.2 Å². The number of aliphatic hydroxyl groups is 3. The first-order chi connectivity index (χ1) is 22.8. The molecular weight excluding hydrogens is 638 g/mol. The van der Waals surface area contributed by atoms with Gasteiger partial charge in [-0.2, -0.15) is 0 Å². The van der Waals surface area contributed by atoms with E-state index in [0.29, 0.717) is 24.2 Å². The lowest BCUT2D eigenvalue weighted by Gasteiger charge is -2.48. The molecule has 3 unspecified atom stereocenters. The molecule has 0 saturated carbocycles. The average Bonchev–Trinajstić information content (AvgIpc) is 3.33. The minimum Gasteiger partial charge on any atom is -0.482 e. The molecule has 13 heteroatoms. The van der Waals surface area contributed by atoms with Crippen molar-refractivity contribution >= 4 is 11.8 Å². The Kier molecular flexibility index (Phi) is 12.7. The van der Waals surface area contributed by atoms with Gasteiger partial charge in [-0.15, -0.1) is 0 Å². The number of hydrogen-bond donors (Lipinski definition) is 3. The minimum absolute atomic E-state index is 0.113. The quantitative estimate of drug-likeness (QED) is 0.333. The van der Waals surface area contributed by atoms with Crippen molar-refractivity contribution in [3.05, 3.63) is 11.3 Å². The first kappa shape index (κ1) is 40.1. The largest absolute Gasteiger partial charge is 0.482 e. The molecule has 0 aromatic heterocycles. The van der Waals surface area contributed by atoms with Crippen LogP contribution >= 0.6 is 0 Å². The maximum atomic E-state index is 14.0. The number of Topliss-reactive ketones (excluding diaryl/α,β-unsaturated/α-hetero) is 1. The standard InChI is InChI=1S/C36H61NO12/c1-13-24-30-26(38)19(4)28(48-30)17(2)15-35(8,42)32(49-34-27(39)23(37(10)11)14-18(3)44-34)20(5)29(21(6)33(41)46-24)47-25-16-36(9,43-12)31(40)22(7)45-25/h17-18,20-25,27,29-32,34,39-40,42H,13-16H2,1-12H3/t17-,18-,20+,21?,22+,23+,24-,25+,27-,29?,30?,31+,32-,34+,35-,36-/m1/s1. The maximum absolute atomic E-state index is 14.0. The molecule has 4 aliphatic rings. The maximum Gasteiger partial charge on any atom is 0.311 e. The molecule has 0 aromatic carbocycles. The van der Waals surface area contributed by atoms with E-state index in [9.17, 15) is 24.9 Å². The van der Waals surface area contributed by atoms with Gasteiger partial charge in [-0.3, -0.25) is 9.59 Å². The van der Waals surface area contributed by atoms with Crippen LogP contribution in [0.2, 0.25) is 0 Å². The number of allylic oxidation sites excluding steroid dienone is 1. The summed E-state index contributed by atoms with van der Waals surface area (Å²) in [6.45, 7) is 15.9. The highest BCUT2D eigenvalue weighted by Gasteiger charge is 2.53. The zero-order valence-corrected chi connectivity index (χ0v) is 31.4.